The molecule has 0 bridgehead atoms. The molecule has 3 N–H and O–H groups in total. The molecule has 6 heteroatoms. The summed E-state index contributed by atoms with van der Waals surface area (Å²) in [5.41, 5.74) is 4.76. The van der Waals surface area contributed by atoms with Gasteiger partial charge in [0, 0.05) is 12.0 Å². The molecule has 1 aliphatic carbocycles. The van der Waals surface area contributed by atoms with Gasteiger partial charge in [0.25, 0.3) is 5.91 Å². The third-order valence-corrected chi connectivity index (χ3v) is 5.12. The Kier molecular flexibility index (Phi) is 4.62. The van der Waals surface area contributed by atoms with E-state index >= 15 is 0 Å². The van der Waals surface area contributed by atoms with E-state index in [-0.39, 0.29) is 18.2 Å². The molecule has 1 amide bonds. The highest BCUT2D eigenvalue weighted by Crippen LogP contribution is 2.28. The third-order valence-electron chi connectivity index (χ3n) is 5.12. The lowest BCUT2D eigenvalue weighted by Crippen LogP contribution is -2.24. The molecule has 3 aromatic rings. The number of fused-ring (bicyclic) bond motifs is 2. The zero-order valence-electron chi connectivity index (χ0n) is 14.9. The van der Waals surface area contributed by atoms with Gasteiger partial charge >= 0.3 is 5.97 Å². The molecule has 2 aromatic carbocycles. The van der Waals surface area contributed by atoms with Crippen LogP contribution in [-0.4, -0.2) is 27.0 Å². The molecule has 138 valence electrons. The summed E-state index contributed by atoms with van der Waals surface area (Å²) in [6.45, 7) is 0.339. The van der Waals surface area contributed by atoms with Crippen molar-refractivity contribution in [3.8, 4) is 0 Å². The van der Waals surface area contributed by atoms with E-state index in [9.17, 15) is 9.59 Å². The number of benzene rings is 2. The van der Waals surface area contributed by atoms with Gasteiger partial charge in [0.05, 0.1) is 17.6 Å². The van der Waals surface area contributed by atoms with E-state index in [1.165, 1.54) is 0 Å². The molecule has 1 unspecified atom stereocenters. The Morgan fingerprint density at radius 2 is 2.04 bits per heavy atom. The molecule has 0 spiro atoms. The van der Waals surface area contributed by atoms with Crippen LogP contribution in [0.3, 0.4) is 0 Å². The number of nitrogens with zero attached hydrogens (tertiary/aromatic N) is 1. The van der Waals surface area contributed by atoms with Gasteiger partial charge in [-0.2, -0.15) is 0 Å². The first-order valence-electron chi connectivity index (χ1n) is 9.14. The predicted octanol–water partition coefficient (Wildman–Crippen LogP) is 3.07. The summed E-state index contributed by atoms with van der Waals surface area (Å²) in [5, 5.41) is 11.9. The average Bonchev–Trinajstić information content (AvgIpc) is 3.08. The lowest BCUT2D eigenvalue weighted by atomic mass is 9.81. The summed E-state index contributed by atoms with van der Waals surface area (Å²) in [5.74, 6) is 0.0257. The molecule has 0 aliphatic heterocycles. The highest BCUT2D eigenvalue weighted by molar-refractivity contribution is 5.94. The zero-order valence-corrected chi connectivity index (χ0v) is 14.9. The highest BCUT2D eigenvalue weighted by Gasteiger charge is 2.21. The summed E-state index contributed by atoms with van der Waals surface area (Å²) in [6.07, 6.45) is 2.64. The Balaban J connectivity index is 1.41. The van der Waals surface area contributed by atoms with Crippen LogP contribution >= 0.6 is 0 Å². The van der Waals surface area contributed by atoms with Crippen LogP contribution in [-0.2, 0) is 24.2 Å². The van der Waals surface area contributed by atoms with E-state index in [4.69, 9.17) is 5.11 Å². The fourth-order valence-corrected chi connectivity index (χ4v) is 3.75. The maximum atomic E-state index is 12.5. The number of nitrogens with one attached hydrogen (secondary N) is 2. The monoisotopic (exact) mass is 363 g/mol. The molecule has 1 aliphatic rings. The first-order chi connectivity index (χ1) is 13.1. The number of aromatic nitrogens is 2. The van der Waals surface area contributed by atoms with E-state index in [2.05, 4.69) is 15.3 Å². The SMILES string of the molecule is O=C(O)CC1CCc2cc(C(=O)NCc3nc4ccccc4[nH]3)ccc2C1. The molecule has 27 heavy (non-hydrogen) atoms. The van der Waals surface area contributed by atoms with Crippen LogP contribution in [0.4, 0.5) is 0 Å². The van der Waals surface area contributed by atoms with Crippen molar-refractivity contribution < 1.29 is 14.7 Å². The second-order valence-corrected chi connectivity index (χ2v) is 7.07. The molecule has 1 heterocycles. The van der Waals surface area contributed by atoms with E-state index in [0.29, 0.717) is 12.1 Å². The van der Waals surface area contributed by atoms with Crippen molar-refractivity contribution in [3.05, 3.63) is 65.0 Å². The van der Waals surface area contributed by atoms with Crippen LogP contribution in [0.15, 0.2) is 42.5 Å². The van der Waals surface area contributed by atoms with Gasteiger partial charge in [0.2, 0.25) is 0 Å². The number of hydrogen-bond donors (Lipinski definition) is 3. The first-order valence-corrected chi connectivity index (χ1v) is 9.14. The lowest BCUT2D eigenvalue weighted by molar-refractivity contribution is -0.138. The number of aryl methyl sites for hydroxylation is 1. The third kappa shape index (κ3) is 3.84. The summed E-state index contributed by atoms with van der Waals surface area (Å²) < 4.78 is 0. The van der Waals surface area contributed by atoms with Crippen LogP contribution in [0.5, 0.6) is 0 Å². The van der Waals surface area contributed by atoms with Gasteiger partial charge in [-0.1, -0.05) is 18.2 Å². The maximum absolute atomic E-state index is 12.5. The molecule has 0 saturated carbocycles. The number of imidazole rings is 1. The lowest BCUT2D eigenvalue weighted by Gasteiger charge is -2.23. The Hall–Kier alpha value is -3.15. The number of H-pyrrole nitrogens is 1. The fraction of sp³-hybridized carbons (Fsp3) is 0.286. The molecule has 4 rings (SSSR count). The number of carboxylic acids is 1. The Labute approximate surface area is 156 Å². The standard InChI is InChI=1S/C21H21N3O3/c25-20(26)10-13-5-6-15-11-16(8-7-14(15)9-13)21(27)22-12-19-23-17-3-1-2-4-18(17)24-19/h1-4,7-8,11,13H,5-6,9-10,12H2,(H,22,27)(H,23,24)(H,25,26). The number of carboxylic acid groups (broad SMARTS) is 1. The van der Waals surface area contributed by atoms with Gasteiger partial charge in [-0.15, -0.1) is 0 Å². The second kappa shape index (κ2) is 7.23. The number of para-hydroxylation sites is 2. The van der Waals surface area contributed by atoms with E-state index in [0.717, 1.165) is 47.2 Å². The Morgan fingerprint density at radius 3 is 2.85 bits per heavy atom. The summed E-state index contributed by atoms with van der Waals surface area (Å²) in [7, 11) is 0. The van der Waals surface area contributed by atoms with E-state index < -0.39 is 5.97 Å². The molecular weight excluding hydrogens is 342 g/mol. The van der Waals surface area contributed by atoms with Crippen LogP contribution in [0.2, 0.25) is 0 Å². The summed E-state index contributed by atoms with van der Waals surface area (Å²) in [4.78, 5) is 31.1. The molecule has 0 radical (unpaired) electrons. The van der Waals surface area contributed by atoms with Crippen molar-refractivity contribution in [3.63, 3.8) is 0 Å². The van der Waals surface area contributed by atoms with Gasteiger partial charge in [-0.25, -0.2) is 4.98 Å². The average molecular weight is 363 g/mol. The number of hydrogen-bond acceptors (Lipinski definition) is 3. The summed E-state index contributed by atoms with van der Waals surface area (Å²) >= 11 is 0. The number of amides is 1. The minimum absolute atomic E-state index is 0.133. The zero-order chi connectivity index (χ0) is 18.8. The molecule has 1 atom stereocenters. The van der Waals surface area contributed by atoms with Crippen molar-refractivity contribution in [1.29, 1.82) is 0 Å². The normalized spacial score (nSPS) is 16.1. The minimum atomic E-state index is -0.745. The second-order valence-electron chi connectivity index (χ2n) is 7.07. The number of carbonyl (C=O) groups is 2. The van der Waals surface area contributed by atoms with Crippen molar-refractivity contribution >= 4 is 22.9 Å². The first kappa shape index (κ1) is 17.3. The minimum Gasteiger partial charge on any atom is -0.481 e. The quantitative estimate of drug-likeness (QED) is 0.649. The number of aliphatic carboxylic acids is 1. The summed E-state index contributed by atoms with van der Waals surface area (Å²) in [6, 6.07) is 13.5. The van der Waals surface area contributed by atoms with Crippen LogP contribution in [0.25, 0.3) is 11.0 Å². The highest BCUT2D eigenvalue weighted by atomic mass is 16.4. The van der Waals surface area contributed by atoms with Gasteiger partial charge in [-0.3, -0.25) is 9.59 Å². The van der Waals surface area contributed by atoms with Crippen LogP contribution in [0, 0.1) is 5.92 Å². The number of aromatic amines is 1. The number of carbonyl (C=O) groups excluding carboxylic acids is 1. The maximum Gasteiger partial charge on any atom is 0.303 e. The van der Waals surface area contributed by atoms with Crippen molar-refractivity contribution in [2.45, 2.75) is 32.2 Å². The van der Waals surface area contributed by atoms with Crippen molar-refractivity contribution in [2.24, 2.45) is 5.92 Å². The Morgan fingerprint density at radius 1 is 1.19 bits per heavy atom. The fourth-order valence-electron chi connectivity index (χ4n) is 3.75. The molecule has 0 saturated heterocycles. The van der Waals surface area contributed by atoms with Gasteiger partial charge in [0.1, 0.15) is 5.82 Å². The van der Waals surface area contributed by atoms with Crippen LogP contribution in [0.1, 0.15) is 40.2 Å². The van der Waals surface area contributed by atoms with Crippen molar-refractivity contribution in [1.82, 2.24) is 15.3 Å². The predicted molar refractivity (Wildman–Crippen MR) is 101 cm³/mol. The topological polar surface area (TPSA) is 95.1 Å². The van der Waals surface area contributed by atoms with Gasteiger partial charge in [0.15, 0.2) is 0 Å². The van der Waals surface area contributed by atoms with Gasteiger partial charge in [-0.05, 0) is 60.6 Å². The van der Waals surface area contributed by atoms with Gasteiger partial charge < -0.3 is 15.4 Å². The Bertz CT molecular complexity index is 976. The van der Waals surface area contributed by atoms with E-state index in [1.54, 1.807) is 0 Å². The van der Waals surface area contributed by atoms with E-state index in [1.807, 2.05) is 42.5 Å². The molecule has 0 fully saturated rings. The van der Waals surface area contributed by atoms with Crippen molar-refractivity contribution in [2.75, 3.05) is 0 Å². The molecular formula is C21H21N3O3. The largest absolute Gasteiger partial charge is 0.481 e. The number of rotatable bonds is 5. The molecule has 6 nitrogen and oxygen atoms in total. The smallest absolute Gasteiger partial charge is 0.303 e. The van der Waals surface area contributed by atoms with Crippen LogP contribution < -0.4 is 5.32 Å². The molecule has 1 aromatic heterocycles.